The lowest BCUT2D eigenvalue weighted by Gasteiger charge is -1.97. The van der Waals surface area contributed by atoms with Crippen molar-refractivity contribution in [1.29, 1.82) is 0 Å². The van der Waals surface area contributed by atoms with Gasteiger partial charge in [0.15, 0.2) is 9.84 Å². The second kappa shape index (κ2) is 4.71. The standard InChI is InChI=1S/C14H11BrN2O2S/c1-20(18,19)12-6-7-17-9-13(16-14(17)8-12)10-2-4-11(15)5-3-10/h2-9H,1H3. The maximum atomic E-state index is 11.5. The Bertz CT molecular complexity index is 883. The van der Waals surface area contributed by atoms with Crippen LogP contribution in [0.4, 0.5) is 0 Å². The summed E-state index contributed by atoms with van der Waals surface area (Å²) in [6.07, 6.45) is 4.78. The van der Waals surface area contributed by atoms with Crippen molar-refractivity contribution in [2.75, 3.05) is 6.26 Å². The third-order valence-corrected chi connectivity index (χ3v) is 4.64. The molecule has 0 radical (unpaired) electrons. The fraction of sp³-hybridized carbons (Fsp3) is 0.0714. The van der Waals surface area contributed by atoms with Crippen LogP contribution in [-0.4, -0.2) is 24.1 Å². The molecule has 102 valence electrons. The molecule has 0 aliphatic heterocycles. The van der Waals surface area contributed by atoms with Crippen LogP contribution in [0.5, 0.6) is 0 Å². The fourth-order valence-corrected chi connectivity index (χ4v) is 2.85. The zero-order valence-corrected chi connectivity index (χ0v) is 13.0. The smallest absolute Gasteiger partial charge is 0.175 e. The van der Waals surface area contributed by atoms with Gasteiger partial charge in [0.05, 0.1) is 10.6 Å². The molecule has 0 fully saturated rings. The zero-order chi connectivity index (χ0) is 14.3. The first-order valence-corrected chi connectivity index (χ1v) is 8.57. The predicted molar refractivity (Wildman–Crippen MR) is 81.4 cm³/mol. The van der Waals surface area contributed by atoms with Gasteiger partial charge in [-0.2, -0.15) is 0 Å². The molecular weight excluding hydrogens is 340 g/mol. The quantitative estimate of drug-likeness (QED) is 0.713. The van der Waals surface area contributed by atoms with Crippen LogP contribution in [0.25, 0.3) is 16.9 Å². The molecule has 1 aromatic carbocycles. The van der Waals surface area contributed by atoms with Crippen molar-refractivity contribution in [1.82, 2.24) is 9.38 Å². The fourth-order valence-electron chi connectivity index (χ4n) is 1.95. The summed E-state index contributed by atoms with van der Waals surface area (Å²) in [5, 5.41) is 0. The van der Waals surface area contributed by atoms with Gasteiger partial charge in [0.25, 0.3) is 0 Å². The van der Waals surface area contributed by atoms with Gasteiger partial charge in [-0.15, -0.1) is 0 Å². The van der Waals surface area contributed by atoms with Crippen molar-refractivity contribution in [2.45, 2.75) is 4.90 Å². The molecule has 0 saturated carbocycles. The second-order valence-electron chi connectivity index (χ2n) is 4.53. The number of benzene rings is 1. The molecule has 0 saturated heterocycles. The number of imidazole rings is 1. The van der Waals surface area contributed by atoms with Crippen LogP contribution in [0, 0.1) is 0 Å². The van der Waals surface area contributed by atoms with Gasteiger partial charge in [-0.25, -0.2) is 13.4 Å². The molecule has 0 aliphatic carbocycles. The first-order chi connectivity index (χ1) is 9.43. The Morgan fingerprint density at radius 1 is 1.15 bits per heavy atom. The van der Waals surface area contributed by atoms with Crippen molar-refractivity contribution in [3.05, 3.63) is 53.3 Å². The number of hydrogen-bond donors (Lipinski definition) is 0. The number of hydrogen-bond acceptors (Lipinski definition) is 3. The van der Waals surface area contributed by atoms with E-state index in [0.717, 1.165) is 15.7 Å². The van der Waals surface area contributed by atoms with Crippen LogP contribution in [0.2, 0.25) is 0 Å². The Kier molecular flexibility index (Phi) is 3.14. The zero-order valence-electron chi connectivity index (χ0n) is 10.6. The van der Waals surface area contributed by atoms with E-state index in [-0.39, 0.29) is 4.90 Å². The molecule has 0 unspecified atom stereocenters. The van der Waals surface area contributed by atoms with Crippen molar-refractivity contribution in [3.8, 4) is 11.3 Å². The van der Waals surface area contributed by atoms with Gasteiger partial charge in [0.1, 0.15) is 5.65 Å². The number of rotatable bonds is 2. The molecule has 20 heavy (non-hydrogen) atoms. The Labute approximate surface area is 125 Å². The topological polar surface area (TPSA) is 51.4 Å². The highest BCUT2D eigenvalue weighted by molar-refractivity contribution is 9.10. The summed E-state index contributed by atoms with van der Waals surface area (Å²) in [7, 11) is -3.21. The maximum Gasteiger partial charge on any atom is 0.175 e. The molecule has 0 bridgehead atoms. The first-order valence-electron chi connectivity index (χ1n) is 5.88. The molecule has 2 heterocycles. The van der Waals surface area contributed by atoms with Crippen LogP contribution in [0.1, 0.15) is 0 Å². The lowest BCUT2D eigenvalue weighted by atomic mass is 10.2. The number of halogens is 1. The second-order valence-corrected chi connectivity index (χ2v) is 7.46. The number of sulfone groups is 1. The lowest BCUT2D eigenvalue weighted by Crippen LogP contribution is -1.97. The van der Waals surface area contributed by atoms with Crippen LogP contribution in [-0.2, 0) is 9.84 Å². The van der Waals surface area contributed by atoms with Gasteiger partial charge in [-0.3, -0.25) is 0 Å². The molecule has 0 atom stereocenters. The van der Waals surface area contributed by atoms with Gasteiger partial charge >= 0.3 is 0 Å². The minimum absolute atomic E-state index is 0.276. The van der Waals surface area contributed by atoms with Crippen molar-refractivity contribution in [3.63, 3.8) is 0 Å². The number of pyridine rings is 1. The molecule has 0 N–H and O–H groups in total. The van der Waals surface area contributed by atoms with E-state index in [9.17, 15) is 8.42 Å². The molecule has 3 aromatic rings. The SMILES string of the molecule is CS(=O)(=O)c1ccn2cc(-c3ccc(Br)cc3)nc2c1. The van der Waals surface area contributed by atoms with Gasteiger partial charge < -0.3 is 4.40 Å². The number of fused-ring (bicyclic) bond motifs is 1. The van der Waals surface area contributed by atoms with Crippen molar-refractivity contribution < 1.29 is 8.42 Å². The van der Waals surface area contributed by atoms with E-state index < -0.39 is 9.84 Å². The predicted octanol–water partition coefficient (Wildman–Crippen LogP) is 3.17. The molecule has 0 aliphatic rings. The van der Waals surface area contributed by atoms with E-state index in [4.69, 9.17) is 0 Å². The Morgan fingerprint density at radius 3 is 2.50 bits per heavy atom. The van der Waals surface area contributed by atoms with Gasteiger partial charge in [-0.1, -0.05) is 28.1 Å². The third-order valence-electron chi connectivity index (χ3n) is 3.00. The van der Waals surface area contributed by atoms with E-state index in [1.165, 1.54) is 6.26 Å². The maximum absolute atomic E-state index is 11.5. The average molecular weight is 351 g/mol. The van der Waals surface area contributed by atoms with E-state index >= 15 is 0 Å². The Balaban J connectivity index is 2.13. The minimum Gasteiger partial charge on any atom is -0.306 e. The lowest BCUT2D eigenvalue weighted by molar-refractivity contribution is 0.602. The largest absolute Gasteiger partial charge is 0.306 e. The average Bonchev–Trinajstić information content (AvgIpc) is 2.81. The van der Waals surface area contributed by atoms with Crippen LogP contribution in [0.15, 0.2) is 58.2 Å². The summed E-state index contributed by atoms with van der Waals surface area (Å²) < 4.78 is 25.9. The summed E-state index contributed by atoms with van der Waals surface area (Å²) >= 11 is 3.39. The number of nitrogens with zero attached hydrogens (tertiary/aromatic N) is 2. The summed E-state index contributed by atoms with van der Waals surface area (Å²) in [5.41, 5.74) is 2.41. The molecule has 6 heteroatoms. The third kappa shape index (κ3) is 2.48. The van der Waals surface area contributed by atoms with Crippen LogP contribution >= 0.6 is 15.9 Å². The molecular formula is C14H11BrN2O2S. The monoisotopic (exact) mass is 350 g/mol. The molecule has 0 amide bonds. The van der Waals surface area contributed by atoms with E-state index in [0.29, 0.717) is 5.65 Å². The molecule has 2 aromatic heterocycles. The highest BCUT2D eigenvalue weighted by Gasteiger charge is 2.10. The van der Waals surface area contributed by atoms with Crippen LogP contribution in [0.3, 0.4) is 0 Å². The van der Waals surface area contributed by atoms with Crippen molar-refractivity contribution >= 4 is 31.4 Å². The van der Waals surface area contributed by atoms with E-state index in [1.54, 1.807) is 18.3 Å². The van der Waals surface area contributed by atoms with Gasteiger partial charge in [-0.05, 0) is 18.2 Å². The van der Waals surface area contributed by atoms with E-state index in [2.05, 4.69) is 20.9 Å². The highest BCUT2D eigenvalue weighted by atomic mass is 79.9. The summed E-state index contributed by atoms with van der Waals surface area (Å²) in [6.45, 7) is 0. The highest BCUT2D eigenvalue weighted by Crippen LogP contribution is 2.22. The molecule has 4 nitrogen and oxygen atoms in total. The Morgan fingerprint density at radius 2 is 1.85 bits per heavy atom. The first kappa shape index (κ1) is 13.3. The van der Waals surface area contributed by atoms with Gasteiger partial charge in [0, 0.05) is 34.8 Å². The minimum atomic E-state index is -3.21. The van der Waals surface area contributed by atoms with Crippen molar-refractivity contribution in [2.24, 2.45) is 0 Å². The summed E-state index contributed by atoms with van der Waals surface area (Å²) in [6, 6.07) is 11.0. The summed E-state index contributed by atoms with van der Waals surface area (Å²) in [5.74, 6) is 0. The number of aromatic nitrogens is 2. The molecule has 0 spiro atoms. The Hall–Kier alpha value is -1.66. The normalized spacial score (nSPS) is 11.9. The van der Waals surface area contributed by atoms with Gasteiger partial charge in [0.2, 0.25) is 0 Å². The summed E-state index contributed by atoms with van der Waals surface area (Å²) in [4.78, 5) is 4.75. The van der Waals surface area contributed by atoms with Crippen LogP contribution < -0.4 is 0 Å². The van der Waals surface area contributed by atoms with E-state index in [1.807, 2.05) is 34.9 Å². The molecule has 3 rings (SSSR count).